The lowest BCUT2D eigenvalue weighted by Gasteiger charge is -2.10. The van der Waals surface area contributed by atoms with Crippen LogP contribution in [0.2, 0.25) is 0 Å². The number of hydrogen-bond acceptors (Lipinski definition) is 3. The van der Waals surface area contributed by atoms with E-state index in [4.69, 9.17) is 0 Å². The summed E-state index contributed by atoms with van der Waals surface area (Å²) in [6, 6.07) is 5.91. The number of ketones is 1. The lowest BCUT2D eigenvalue weighted by atomic mass is 10.1. The molecule has 1 atom stereocenters. The number of alkyl halides is 1. The first-order valence-electron chi connectivity index (χ1n) is 4.07. The van der Waals surface area contributed by atoms with E-state index >= 15 is 0 Å². The smallest absolute Gasteiger partial charge is 0.147 e. The molecule has 0 saturated carbocycles. The topological polar surface area (TPSA) is 17.1 Å². The van der Waals surface area contributed by atoms with Crippen molar-refractivity contribution in [3.63, 3.8) is 0 Å². The number of carbonyl (C=O) groups is 1. The van der Waals surface area contributed by atoms with Crippen LogP contribution in [0.5, 0.6) is 0 Å². The first-order chi connectivity index (χ1) is 6.56. The Balaban J connectivity index is 3.11. The number of hydrogen-bond donors (Lipinski definition) is 1. The van der Waals surface area contributed by atoms with Gasteiger partial charge in [0, 0.05) is 9.79 Å². The summed E-state index contributed by atoms with van der Waals surface area (Å²) in [6.45, 7) is 1.57. The van der Waals surface area contributed by atoms with Crippen LogP contribution < -0.4 is 0 Å². The Labute approximate surface area is 102 Å². The van der Waals surface area contributed by atoms with E-state index in [9.17, 15) is 4.79 Å². The Morgan fingerprint density at radius 3 is 2.71 bits per heavy atom. The molecular weight excluding hydrogens is 280 g/mol. The third kappa shape index (κ3) is 2.78. The van der Waals surface area contributed by atoms with Crippen LogP contribution in [-0.4, -0.2) is 12.0 Å². The molecule has 1 aromatic carbocycles. The molecule has 1 nitrogen and oxygen atoms in total. The zero-order valence-electron chi connectivity index (χ0n) is 7.95. The molecule has 0 amide bonds. The average Bonchev–Trinajstić information content (AvgIpc) is 2.17. The fraction of sp³-hybridized carbons (Fsp3) is 0.300. The van der Waals surface area contributed by atoms with Gasteiger partial charge in [-0.05, 0) is 36.9 Å². The van der Waals surface area contributed by atoms with Crippen LogP contribution in [0.4, 0.5) is 0 Å². The van der Waals surface area contributed by atoms with E-state index in [2.05, 4.69) is 28.6 Å². The maximum Gasteiger partial charge on any atom is 0.147 e. The zero-order chi connectivity index (χ0) is 10.7. The molecule has 0 N–H and O–H groups in total. The van der Waals surface area contributed by atoms with Crippen molar-refractivity contribution in [3.8, 4) is 0 Å². The van der Waals surface area contributed by atoms with Gasteiger partial charge in [0.25, 0.3) is 0 Å². The number of halogens is 1. The highest BCUT2D eigenvalue weighted by molar-refractivity contribution is 9.09. The Hall–Kier alpha value is 0.0700. The van der Waals surface area contributed by atoms with Crippen molar-refractivity contribution in [2.75, 3.05) is 6.26 Å². The molecule has 14 heavy (non-hydrogen) atoms. The monoisotopic (exact) mass is 290 g/mol. The van der Waals surface area contributed by atoms with Crippen molar-refractivity contribution >= 4 is 46.1 Å². The largest absolute Gasteiger partial charge is 0.298 e. The summed E-state index contributed by atoms with van der Waals surface area (Å²) in [4.78, 5) is 12.9. The second-order valence-corrected chi connectivity index (χ2v) is 5.18. The third-order valence-corrected chi connectivity index (χ3v) is 4.14. The van der Waals surface area contributed by atoms with Crippen LogP contribution >= 0.6 is 40.3 Å². The summed E-state index contributed by atoms with van der Waals surface area (Å²) < 4.78 is 0. The Morgan fingerprint density at radius 1 is 1.57 bits per heavy atom. The summed E-state index contributed by atoms with van der Waals surface area (Å²) in [5.41, 5.74) is 0.938. The van der Waals surface area contributed by atoms with Gasteiger partial charge in [0.2, 0.25) is 0 Å². The molecule has 0 heterocycles. The molecule has 0 radical (unpaired) electrons. The molecule has 0 spiro atoms. The quantitative estimate of drug-likeness (QED) is 0.519. The minimum absolute atomic E-state index is 0.0959. The molecule has 0 fully saturated rings. The van der Waals surface area contributed by atoms with Gasteiger partial charge in [-0.25, -0.2) is 0 Å². The van der Waals surface area contributed by atoms with Crippen LogP contribution in [0, 0.1) is 0 Å². The lowest BCUT2D eigenvalue weighted by molar-refractivity contribution is -0.116. The Bertz CT molecular complexity index is 352. The highest BCUT2D eigenvalue weighted by Crippen LogP contribution is 2.31. The first kappa shape index (κ1) is 12.1. The van der Waals surface area contributed by atoms with Crippen molar-refractivity contribution in [1.82, 2.24) is 0 Å². The van der Waals surface area contributed by atoms with Gasteiger partial charge in [-0.2, -0.15) is 0 Å². The number of carbonyl (C=O) groups excluding carboxylic acids is 1. The maximum atomic E-state index is 11.2. The van der Waals surface area contributed by atoms with E-state index in [1.54, 1.807) is 18.7 Å². The molecule has 1 unspecified atom stereocenters. The minimum atomic E-state index is -0.248. The van der Waals surface area contributed by atoms with E-state index in [-0.39, 0.29) is 10.6 Å². The van der Waals surface area contributed by atoms with Gasteiger partial charge in [-0.1, -0.05) is 15.9 Å². The van der Waals surface area contributed by atoms with Crippen molar-refractivity contribution in [3.05, 3.63) is 23.8 Å². The van der Waals surface area contributed by atoms with Gasteiger partial charge < -0.3 is 0 Å². The van der Waals surface area contributed by atoms with E-state index in [1.165, 1.54) is 0 Å². The summed E-state index contributed by atoms with van der Waals surface area (Å²) in [5, 5.41) is 0. The second-order valence-electron chi connectivity index (χ2n) is 2.90. The highest BCUT2D eigenvalue weighted by Gasteiger charge is 2.15. The molecule has 0 saturated heterocycles. The van der Waals surface area contributed by atoms with E-state index in [0.29, 0.717) is 0 Å². The van der Waals surface area contributed by atoms with Crippen molar-refractivity contribution < 1.29 is 4.79 Å². The fourth-order valence-electron chi connectivity index (χ4n) is 1.08. The van der Waals surface area contributed by atoms with Crippen LogP contribution in [0.3, 0.4) is 0 Å². The average molecular weight is 291 g/mol. The predicted octanol–water partition coefficient (Wildman–Crippen LogP) is 3.72. The van der Waals surface area contributed by atoms with E-state index in [0.717, 1.165) is 15.4 Å². The molecule has 1 rings (SSSR count). The second kappa shape index (κ2) is 5.24. The van der Waals surface area contributed by atoms with Crippen LogP contribution in [0.25, 0.3) is 0 Å². The molecule has 76 valence electrons. The Kier molecular flexibility index (Phi) is 4.54. The van der Waals surface area contributed by atoms with Crippen molar-refractivity contribution in [2.24, 2.45) is 0 Å². The summed E-state index contributed by atoms with van der Waals surface area (Å²) in [6.07, 6.45) is 2.01. The van der Waals surface area contributed by atoms with Crippen LogP contribution in [-0.2, 0) is 4.79 Å². The molecular formula is C10H11BrOS2. The molecule has 0 aliphatic carbocycles. The number of thioether (sulfide) groups is 1. The molecule has 0 bridgehead atoms. The normalized spacial score (nSPS) is 12.6. The molecule has 1 aromatic rings. The number of rotatable bonds is 3. The predicted molar refractivity (Wildman–Crippen MR) is 67.8 cm³/mol. The molecule has 4 heteroatoms. The zero-order valence-corrected chi connectivity index (χ0v) is 11.2. The maximum absolute atomic E-state index is 11.2. The first-order valence-corrected chi connectivity index (χ1v) is 6.66. The van der Waals surface area contributed by atoms with Crippen molar-refractivity contribution in [2.45, 2.75) is 21.5 Å². The molecule has 0 aliphatic rings. The number of benzene rings is 1. The number of thiol groups is 1. The fourth-order valence-corrected chi connectivity index (χ4v) is 2.35. The summed E-state index contributed by atoms with van der Waals surface area (Å²) >= 11 is 9.34. The molecule has 0 aromatic heterocycles. The highest BCUT2D eigenvalue weighted by atomic mass is 79.9. The SMILES string of the molecule is CSc1ccc(S)c(C(Br)C(C)=O)c1. The Morgan fingerprint density at radius 2 is 2.21 bits per heavy atom. The summed E-state index contributed by atoms with van der Waals surface area (Å²) in [7, 11) is 0. The standard InChI is InChI=1S/C10H11BrOS2/c1-6(12)10(11)8-5-7(14-2)3-4-9(8)13/h3-5,10,13H,1-2H3. The third-order valence-electron chi connectivity index (χ3n) is 1.86. The van der Waals surface area contributed by atoms with Crippen LogP contribution in [0.15, 0.2) is 28.0 Å². The van der Waals surface area contributed by atoms with Crippen molar-refractivity contribution in [1.29, 1.82) is 0 Å². The lowest BCUT2D eigenvalue weighted by Crippen LogP contribution is -2.02. The van der Waals surface area contributed by atoms with Crippen LogP contribution in [0.1, 0.15) is 17.3 Å². The summed E-state index contributed by atoms with van der Waals surface area (Å²) in [5.74, 6) is 0.0959. The van der Waals surface area contributed by atoms with Gasteiger partial charge in [0.1, 0.15) is 5.78 Å². The van der Waals surface area contributed by atoms with Gasteiger partial charge in [0.15, 0.2) is 0 Å². The number of Topliss-reactive ketones (excluding diaryl/α,β-unsaturated/α-hetero) is 1. The van der Waals surface area contributed by atoms with Gasteiger partial charge in [0.05, 0.1) is 4.83 Å². The molecule has 0 aliphatic heterocycles. The van der Waals surface area contributed by atoms with E-state index < -0.39 is 0 Å². The minimum Gasteiger partial charge on any atom is -0.298 e. The van der Waals surface area contributed by atoms with E-state index in [1.807, 2.05) is 24.5 Å². The van der Waals surface area contributed by atoms with Gasteiger partial charge in [-0.15, -0.1) is 24.4 Å². The van der Waals surface area contributed by atoms with Gasteiger partial charge >= 0.3 is 0 Å². The van der Waals surface area contributed by atoms with Gasteiger partial charge in [-0.3, -0.25) is 4.79 Å².